The number of nitrogens with one attached hydrogen (secondary N) is 1. The van der Waals surface area contributed by atoms with Crippen LogP contribution in [0, 0.1) is 0 Å². The zero-order valence-electron chi connectivity index (χ0n) is 12.2. The molecule has 5 heteroatoms. The van der Waals surface area contributed by atoms with Crippen molar-refractivity contribution in [1.82, 2.24) is 9.55 Å². The van der Waals surface area contributed by atoms with Crippen LogP contribution < -0.4 is 10.2 Å². The normalized spacial score (nSPS) is 11.2. The summed E-state index contributed by atoms with van der Waals surface area (Å²) < 4.78 is 7.01. The summed E-state index contributed by atoms with van der Waals surface area (Å²) in [6.45, 7) is 0. The predicted molar refractivity (Wildman–Crippen MR) is 87.2 cm³/mol. The molecule has 110 valence electrons. The second-order valence-electron chi connectivity index (χ2n) is 4.61. The molecule has 1 N–H and O–H groups in total. The van der Waals surface area contributed by atoms with Crippen LogP contribution in [0.15, 0.2) is 78.4 Å². The highest BCUT2D eigenvalue weighted by atomic mass is 16.5. The van der Waals surface area contributed by atoms with Gasteiger partial charge in [-0.3, -0.25) is 9.99 Å². The number of hydrazone groups is 1. The number of nitrogens with zero attached hydrogens (tertiary/aromatic N) is 3. The second kappa shape index (κ2) is 6.58. The molecule has 0 amide bonds. The van der Waals surface area contributed by atoms with E-state index in [1.807, 2.05) is 65.4 Å². The van der Waals surface area contributed by atoms with Gasteiger partial charge in [-0.25, -0.2) is 4.98 Å². The van der Waals surface area contributed by atoms with Gasteiger partial charge in [0.05, 0.1) is 12.8 Å². The van der Waals surface area contributed by atoms with E-state index in [-0.39, 0.29) is 0 Å². The number of methoxy groups -OCH3 is 1. The number of benzene rings is 2. The average molecular weight is 292 g/mol. The highest BCUT2D eigenvalue weighted by molar-refractivity contribution is 6.00. The van der Waals surface area contributed by atoms with E-state index in [1.54, 1.807) is 19.6 Å². The summed E-state index contributed by atoms with van der Waals surface area (Å²) in [4.78, 5) is 4.08. The molecule has 0 radical (unpaired) electrons. The maximum atomic E-state index is 5.15. The molecule has 0 fully saturated rings. The molecule has 0 spiro atoms. The van der Waals surface area contributed by atoms with Crippen LogP contribution in [0.5, 0.6) is 5.75 Å². The fourth-order valence-corrected chi connectivity index (χ4v) is 2.03. The predicted octanol–water partition coefficient (Wildman–Crippen LogP) is 3.21. The van der Waals surface area contributed by atoms with Crippen molar-refractivity contribution in [2.75, 3.05) is 12.5 Å². The zero-order valence-corrected chi connectivity index (χ0v) is 12.2. The van der Waals surface area contributed by atoms with Crippen molar-refractivity contribution in [3.8, 4) is 5.75 Å². The van der Waals surface area contributed by atoms with E-state index in [9.17, 15) is 0 Å². The van der Waals surface area contributed by atoms with Crippen LogP contribution in [0.3, 0.4) is 0 Å². The Morgan fingerprint density at radius 3 is 2.50 bits per heavy atom. The van der Waals surface area contributed by atoms with Gasteiger partial charge in [0, 0.05) is 18.0 Å². The first kappa shape index (κ1) is 13.9. The molecule has 3 aromatic rings. The molecule has 0 bridgehead atoms. The van der Waals surface area contributed by atoms with Crippen molar-refractivity contribution >= 4 is 11.5 Å². The average Bonchev–Trinajstić information content (AvgIpc) is 3.11. The molecule has 2 aromatic carbocycles. The van der Waals surface area contributed by atoms with Gasteiger partial charge in [0.1, 0.15) is 12.1 Å². The molecule has 0 saturated carbocycles. The molecule has 1 heterocycles. The van der Waals surface area contributed by atoms with Gasteiger partial charge in [-0.15, -0.1) is 0 Å². The van der Waals surface area contributed by atoms with Gasteiger partial charge in [-0.2, -0.15) is 5.10 Å². The monoisotopic (exact) mass is 292 g/mol. The minimum absolute atomic E-state index is 0.772. The molecule has 0 saturated heterocycles. The van der Waals surface area contributed by atoms with Crippen LogP contribution in [0.4, 0.5) is 5.69 Å². The lowest BCUT2D eigenvalue weighted by Gasteiger charge is -2.09. The van der Waals surface area contributed by atoms with Gasteiger partial charge >= 0.3 is 0 Å². The third kappa shape index (κ3) is 3.15. The zero-order chi connectivity index (χ0) is 15.2. The van der Waals surface area contributed by atoms with E-state index in [0.717, 1.165) is 22.8 Å². The van der Waals surface area contributed by atoms with E-state index in [1.165, 1.54) is 0 Å². The maximum Gasteiger partial charge on any atom is 0.165 e. The summed E-state index contributed by atoms with van der Waals surface area (Å²) in [6, 6.07) is 17.6. The quantitative estimate of drug-likeness (QED) is 0.456. The highest BCUT2D eigenvalue weighted by Gasteiger charge is 2.05. The van der Waals surface area contributed by atoms with Crippen molar-refractivity contribution in [3.63, 3.8) is 0 Å². The van der Waals surface area contributed by atoms with Gasteiger partial charge in [0.15, 0.2) is 5.84 Å². The second-order valence-corrected chi connectivity index (χ2v) is 4.61. The fraction of sp³-hybridized carbons (Fsp3) is 0.0588. The maximum absolute atomic E-state index is 5.15. The largest absolute Gasteiger partial charge is 0.497 e. The van der Waals surface area contributed by atoms with Gasteiger partial charge in [-0.1, -0.05) is 30.3 Å². The standard InChI is InChI=1S/C17H16N4O/c1-22-16-9-7-15(8-10-16)19-20-17(21-12-11-18-13-21)14-5-3-2-4-6-14/h2-13,19H,1H3/b20-17-. The van der Waals surface area contributed by atoms with Crippen LogP contribution in [0.2, 0.25) is 0 Å². The summed E-state index contributed by atoms with van der Waals surface area (Å²) >= 11 is 0. The summed E-state index contributed by atoms with van der Waals surface area (Å²) in [7, 11) is 1.65. The molecule has 3 rings (SSSR count). The summed E-state index contributed by atoms with van der Waals surface area (Å²) in [6.07, 6.45) is 5.31. The van der Waals surface area contributed by atoms with E-state index >= 15 is 0 Å². The fourth-order valence-electron chi connectivity index (χ4n) is 2.03. The minimum Gasteiger partial charge on any atom is -0.497 e. The minimum atomic E-state index is 0.772. The number of rotatable bonds is 4. The van der Waals surface area contributed by atoms with Gasteiger partial charge < -0.3 is 4.74 Å². The van der Waals surface area contributed by atoms with E-state index in [2.05, 4.69) is 15.5 Å². The number of hydrogen-bond donors (Lipinski definition) is 1. The first-order valence-corrected chi connectivity index (χ1v) is 6.88. The molecule has 0 aliphatic rings. The van der Waals surface area contributed by atoms with Crippen molar-refractivity contribution in [2.24, 2.45) is 5.10 Å². The summed E-state index contributed by atoms with van der Waals surface area (Å²) in [5.41, 5.74) is 4.95. The van der Waals surface area contributed by atoms with E-state index < -0.39 is 0 Å². The Morgan fingerprint density at radius 1 is 1.09 bits per heavy atom. The van der Waals surface area contributed by atoms with Crippen LogP contribution in [-0.4, -0.2) is 22.5 Å². The number of imidazole rings is 1. The molecular weight excluding hydrogens is 276 g/mol. The van der Waals surface area contributed by atoms with Crippen molar-refractivity contribution in [1.29, 1.82) is 0 Å². The van der Waals surface area contributed by atoms with Gasteiger partial charge in [-0.05, 0) is 24.3 Å². The molecule has 22 heavy (non-hydrogen) atoms. The topological polar surface area (TPSA) is 51.4 Å². The molecule has 1 aromatic heterocycles. The smallest absolute Gasteiger partial charge is 0.165 e. The Labute approximate surface area is 128 Å². The van der Waals surface area contributed by atoms with Crippen LogP contribution in [0.1, 0.15) is 5.56 Å². The molecular formula is C17H16N4O. The first-order valence-electron chi connectivity index (χ1n) is 6.88. The lowest BCUT2D eigenvalue weighted by atomic mass is 10.2. The van der Waals surface area contributed by atoms with Gasteiger partial charge in [0.2, 0.25) is 0 Å². The molecule has 0 unspecified atom stereocenters. The van der Waals surface area contributed by atoms with Gasteiger partial charge in [0.25, 0.3) is 0 Å². The molecule has 0 atom stereocenters. The highest BCUT2D eigenvalue weighted by Crippen LogP contribution is 2.15. The van der Waals surface area contributed by atoms with Crippen molar-refractivity contribution in [3.05, 3.63) is 78.9 Å². The summed E-state index contributed by atoms with van der Waals surface area (Å²) in [5, 5.41) is 4.51. The lowest BCUT2D eigenvalue weighted by molar-refractivity contribution is 0.415. The van der Waals surface area contributed by atoms with E-state index in [0.29, 0.717) is 0 Å². The van der Waals surface area contributed by atoms with Crippen LogP contribution in [-0.2, 0) is 0 Å². The molecule has 0 aliphatic carbocycles. The van der Waals surface area contributed by atoms with Crippen LogP contribution in [0.25, 0.3) is 0 Å². The third-order valence-corrected chi connectivity index (χ3v) is 3.16. The first-order chi connectivity index (χ1) is 10.9. The lowest BCUT2D eigenvalue weighted by Crippen LogP contribution is -2.13. The Morgan fingerprint density at radius 2 is 1.86 bits per heavy atom. The number of ether oxygens (including phenoxy) is 1. The Kier molecular flexibility index (Phi) is 4.15. The number of aromatic nitrogens is 2. The Hall–Kier alpha value is -3.08. The van der Waals surface area contributed by atoms with Crippen molar-refractivity contribution in [2.45, 2.75) is 0 Å². The molecule has 0 aliphatic heterocycles. The molecule has 5 nitrogen and oxygen atoms in total. The number of hydrogen-bond acceptors (Lipinski definition) is 4. The van der Waals surface area contributed by atoms with Crippen LogP contribution >= 0.6 is 0 Å². The Bertz CT molecular complexity index is 734. The Balaban J connectivity index is 1.88. The van der Waals surface area contributed by atoms with E-state index in [4.69, 9.17) is 4.74 Å². The number of anilines is 1. The van der Waals surface area contributed by atoms with Crippen molar-refractivity contribution < 1.29 is 4.74 Å². The summed E-state index contributed by atoms with van der Waals surface area (Å²) in [5.74, 6) is 1.58. The SMILES string of the molecule is COc1ccc(N/N=C(/c2ccccc2)n2ccnc2)cc1. The third-order valence-electron chi connectivity index (χ3n) is 3.16.